The highest BCUT2D eigenvalue weighted by Gasteiger charge is 2.33. The fourth-order valence-electron chi connectivity index (χ4n) is 1.70. The molecular weight excluding hydrogens is 226 g/mol. The number of terminal acetylenes is 1. The van der Waals surface area contributed by atoms with Gasteiger partial charge in [-0.15, -0.1) is 6.42 Å². The molecule has 0 radical (unpaired) electrons. The molecule has 1 aliphatic heterocycles. The molecule has 0 bridgehead atoms. The second-order valence-corrected chi connectivity index (χ2v) is 4.70. The summed E-state index contributed by atoms with van der Waals surface area (Å²) in [5.74, 6) is 3.03. The second kappa shape index (κ2) is 4.19. The van der Waals surface area contributed by atoms with Gasteiger partial charge in [0.15, 0.2) is 5.82 Å². The maximum Gasteiger partial charge on any atom is 0.330 e. The number of hydrogen-bond donors (Lipinski definition) is 0. The summed E-state index contributed by atoms with van der Waals surface area (Å²) in [6.45, 7) is 3.94. The summed E-state index contributed by atoms with van der Waals surface area (Å²) in [6, 6.07) is 3.38. The maximum atomic E-state index is 12.3. The predicted molar refractivity (Wildman–Crippen MR) is 71.0 cm³/mol. The lowest BCUT2D eigenvalue weighted by atomic mass is 10.0. The van der Waals surface area contributed by atoms with Crippen LogP contribution in [-0.2, 0) is 0 Å². The number of pyridine rings is 1. The monoisotopic (exact) mass is 241 g/mol. The summed E-state index contributed by atoms with van der Waals surface area (Å²) in [4.78, 5) is 19.6. The van der Waals surface area contributed by atoms with Crippen LogP contribution in [-0.4, -0.2) is 28.5 Å². The third-order valence-electron chi connectivity index (χ3n) is 3.16. The van der Waals surface area contributed by atoms with Crippen molar-refractivity contribution in [2.24, 2.45) is 0 Å². The van der Waals surface area contributed by atoms with Crippen molar-refractivity contribution in [1.29, 1.82) is 0 Å². The number of urea groups is 1. The Bertz CT molecular complexity index is 554. The molecule has 0 N–H and O–H groups in total. The van der Waals surface area contributed by atoms with E-state index in [0.717, 1.165) is 0 Å². The van der Waals surface area contributed by atoms with Crippen molar-refractivity contribution in [2.75, 3.05) is 11.9 Å². The molecule has 4 nitrogen and oxygen atoms in total. The SMILES string of the molecule is C#Cc1cccnc1N1C=CC(C)(C)N(C)C1=O. The van der Waals surface area contributed by atoms with Crippen LogP contribution >= 0.6 is 0 Å². The largest absolute Gasteiger partial charge is 0.330 e. The second-order valence-electron chi connectivity index (χ2n) is 4.70. The number of carbonyl (C=O) groups is 1. The molecule has 2 amide bonds. The number of carbonyl (C=O) groups excluding carboxylic acids is 1. The molecule has 1 aromatic heterocycles. The first-order valence-electron chi connectivity index (χ1n) is 5.65. The Hall–Kier alpha value is -2.28. The van der Waals surface area contributed by atoms with Gasteiger partial charge < -0.3 is 4.90 Å². The number of rotatable bonds is 1. The van der Waals surface area contributed by atoms with Gasteiger partial charge in [0.25, 0.3) is 0 Å². The molecular formula is C14H15N3O. The molecule has 1 aromatic rings. The normalized spacial score (nSPS) is 17.8. The summed E-state index contributed by atoms with van der Waals surface area (Å²) in [5, 5.41) is 0. The minimum atomic E-state index is -0.307. The summed E-state index contributed by atoms with van der Waals surface area (Å²) >= 11 is 0. The molecule has 1 aliphatic rings. The minimum Gasteiger partial charge on any atom is -0.318 e. The van der Waals surface area contributed by atoms with Gasteiger partial charge in [-0.3, -0.25) is 4.90 Å². The van der Waals surface area contributed by atoms with Crippen LogP contribution in [0.1, 0.15) is 19.4 Å². The molecule has 0 atom stereocenters. The summed E-state index contributed by atoms with van der Waals surface area (Å²) in [6.07, 6.45) is 10.7. The molecule has 18 heavy (non-hydrogen) atoms. The van der Waals surface area contributed by atoms with Crippen LogP contribution in [0.3, 0.4) is 0 Å². The quantitative estimate of drug-likeness (QED) is 0.707. The smallest absolute Gasteiger partial charge is 0.318 e. The third-order valence-corrected chi connectivity index (χ3v) is 3.16. The Morgan fingerprint density at radius 2 is 2.17 bits per heavy atom. The Labute approximate surface area is 107 Å². The van der Waals surface area contributed by atoms with E-state index in [2.05, 4.69) is 10.9 Å². The summed E-state index contributed by atoms with van der Waals surface area (Å²) in [7, 11) is 1.76. The predicted octanol–water partition coefficient (Wildman–Crippen LogP) is 2.23. The van der Waals surface area contributed by atoms with Gasteiger partial charge in [0.2, 0.25) is 0 Å². The Balaban J connectivity index is 2.48. The maximum absolute atomic E-state index is 12.3. The van der Waals surface area contributed by atoms with Gasteiger partial charge in [-0.25, -0.2) is 9.78 Å². The highest BCUT2D eigenvalue weighted by molar-refractivity contribution is 5.95. The van der Waals surface area contributed by atoms with E-state index in [9.17, 15) is 4.79 Å². The first-order chi connectivity index (χ1) is 8.47. The lowest BCUT2D eigenvalue weighted by Crippen LogP contribution is -2.52. The van der Waals surface area contributed by atoms with Crippen LogP contribution in [0.4, 0.5) is 10.6 Å². The fourth-order valence-corrected chi connectivity index (χ4v) is 1.70. The van der Waals surface area contributed by atoms with E-state index >= 15 is 0 Å². The Kier molecular flexibility index (Phi) is 2.84. The van der Waals surface area contributed by atoms with Crippen LogP contribution in [0.5, 0.6) is 0 Å². The van der Waals surface area contributed by atoms with Crippen molar-refractivity contribution in [3.8, 4) is 12.3 Å². The van der Waals surface area contributed by atoms with Crippen molar-refractivity contribution in [3.05, 3.63) is 36.2 Å². The zero-order valence-electron chi connectivity index (χ0n) is 10.7. The van der Waals surface area contributed by atoms with Gasteiger partial charge in [-0.1, -0.05) is 5.92 Å². The van der Waals surface area contributed by atoms with Crippen molar-refractivity contribution in [1.82, 2.24) is 9.88 Å². The molecule has 92 valence electrons. The Morgan fingerprint density at radius 1 is 1.44 bits per heavy atom. The number of hydrogen-bond acceptors (Lipinski definition) is 2. The third kappa shape index (κ3) is 1.84. The number of aromatic nitrogens is 1. The van der Waals surface area contributed by atoms with Crippen molar-refractivity contribution in [3.63, 3.8) is 0 Å². The van der Waals surface area contributed by atoms with Gasteiger partial charge >= 0.3 is 6.03 Å². The van der Waals surface area contributed by atoms with Crippen LogP contribution in [0.25, 0.3) is 0 Å². The molecule has 0 saturated carbocycles. The highest BCUT2D eigenvalue weighted by Crippen LogP contribution is 2.26. The summed E-state index contributed by atoms with van der Waals surface area (Å²) < 4.78 is 0. The molecule has 0 saturated heterocycles. The molecule has 2 rings (SSSR count). The van der Waals surface area contributed by atoms with Crippen LogP contribution in [0.15, 0.2) is 30.6 Å². The lowest BCUT2D eigenvalue weighted by molar-refractivity contribution is 0.181. The Morgan fingerprint density at radius 3 is 2.83 bits per heavy atom. The van der Waals surface area contributed by atoms with Gasteiger partial charge in [-0.2, -0.15) is 0 Å². The van der Waals surface area contributed by atoms with Gasteiger partial charge in [0.05, 0.1) is 11.1 Å². The van der Waals surface area contributed by atoms with E-state index in [1.165, 1.54) is 4.90 Å². The van der Waals surface area contributed by atoms with Gasteiger partial charge in [0.1, 0.15) is 0 Å². The van der Waals surface area contributed by atoms with E-state index in [0.29, 0.717) is 11.4 Å². The van der Waals surface area contributed by atoms with Crippen molar-refractivity contribution < 1.29 is 4.79 Å². The molecule has 0 aromatic carbocycles. The zero-order chi connectivity index (χ0) is 13.3. The standard InChI is InChI=1S/C14H15N3O/c1-5-11-7-6-9-15-12(11)17-10-8-14(2,3)16(4)13(17)18/h1,6-10H,2-4H3. The molecule has 2 heterocycles. The lowest BCUT2D eigenvalue weighted by Gasteiger charge is -2.39. The van der Waals surface area contributed by atoms with E-state index in [1.54, 1.807) is 36.5 Å². The molecule has 0 aliphatic carbocycles. The topological polar surface area (TPSA) is 36.4 Å². The molecule has 0 fully saturated rings. The minimum absolute atomic E-state index is 0.141. The van der Waals surface area contributed by atoms with E-state index in [4.69, 9.17) is 6.42 Å². The average Bonchev–Trinajstić information content (AvgIpc) is 2.36. The highest BCUT2D eigenvalue weighted by atomic mass is 16.2. The van der Waals surface area contributed by atoms with Crippen molar-refractivity contribution >= 4 is 11.8 Å². The number of anilines is 1. The fraction of sp³-hybridized carbons (Fsp3) is 0.286. The van der Waals surface area contributed by atoms with Crippen LogP contribution < -0.4 is 4.90 Å². The van der Waals surface area contributed by atoms with Crippen LogP contribution in [0.2, 0.25) is 0 Å². The molecule has 0 spiro atoms. The summed E-state index contributed by atoms with van der Waals surface area (Å²) in [5.41, 5.74) is 0.294. The average molecular weight is 241 g/mol. The molecule has 4 heteroatoms. The number of amides is 2. The van der Waals surface area contributed by atoms with Crippen LogP contribution in [0, 0.1) is 12.3 Å². The van der Waals surface area contributed by atoms with Gasteiger partial charge in [-0.05, 0) is 32.1 Å². The van der Waals surface area contributed by atoms with E-state index in [1.807, 2.05) is 19.9 Å². The zero-order valence-corrected chi connectivity index (χ0v) is 10.7. The van der Waals surface area contributed by atoms with E-state index < -0.39 is 0 Å². The molecule has 0 unspecified atom stereocenters. The first-order valence-corrected chi connectivity index (χ1v) is 5.65. The van der Waals surface area contributed by atoms with Crippen molar-refractivity contribution in [2.45, 2.75) is 19.4 Å². The number of likely N-dealkylation sites (N-methyl/N-ethyl adjacent to an activating group) is 1. The van der Waals surface area contributed by atoms with Gasteiger partial charge in [0, 0.05) is 19.4 Å². The first kappa shape index (κ1) is 12.2. The van der Waals surface area contributed by atoms with E-state index in [-0.39, 0.29) is 11.6 Å². The number of nitrogens with zero attached hydrogens (tertiary/aromatic N) is 3.